The molecule has 1 aromatic heterocycles. The molecule has 1 aliphatic rings. The Kier molecular flexibility index (Phi) is 6.73. The van der Waals surface area contributed by atoms with E-state index in [2.05, 4.69) is 5.10 Å². The molecule has 8 heteroatoms. The summed E-state index contributed by atoms with van der Waals surface area (Å²) in [5, 5.41) is 14.4. The Labute approximate surface area is 223 Å². The summed E-state index contributed by atoms with van der Waals surface area (Å²) in [4.78, 5) is 27.7. The van der Waals surface area contributed by atoms with E-state index in [0.717, 1.165) is 10.6 Å². The number of halogens is 2. The molecule has 0 fully saturated rings. The third kappa shape index (κ3) is 4.90. The van der Waals surface area contributed by atoms with Crippen molar-refractivity contribution in [2.24, 2.45) is 0 Å². The lowest BCUT2D eigenvalue weighted by Crippen LogP contribution is -2.42. The van der Waals surface area contributed by atoms with Gasteiger partial charge in [0.05, 0.1) is 12.2 Å². The summed E-state index contributed by atoms with van der Waals surface area (Å²) in [7, 11) is 0. The first kappa shape index (κ1) is 25.5. The van der Waals surface area contributed by atoms with Crippen molar-refractivity contribution in [1.29, 1.82) is 5.26 Å². The minimum atomic E-state index is -0.720. The second-order valence-corrected chi connectivity index (χ2v) is 9.17. The molecule has 0 N–H and O–H groups in total. The topological polar surface area (TPSA) is 79.0 Å². The maximum Gasteiger partial charge on any atom is 0.271 e. The lowest BCUT2D eigenvalue weighted by Gasteiger charge is -2.27. The van der Waals surface area contributed by atoms with Crippen LogP contribution in [0.15, 0.2) is 95.7 Å². The van der Waals surface area contributed by atoms with Crippen LogP contribution < -0.4 is 0 Å². The molecule has 0 saturated heterocycles. The fraction of sp³-hybridized carbons (Fsp3) is 0.0968. The molecule has 0 radical (unpaired) electrons. The first-order chi connectivity index (χ1) is 18.8. The first-order valence-electron chi connectivity index (χ1n) is 12.1. The van der Waals surface area contributed by atoms with Crippen LogP contribution in [-0.2, 0) is 16.1 Å². The lowest BCUT2D eigenvalue weighted by atomic mass is 9.93. The molecule has 3 aromatic carbocycles. The number of hydrogen-bond acceptors (Lipinski definition) is 4. The van der Waals surface area contributed by atoms with Crippen LogP contribution in [0.4, 0.5) is 8.78 Å². The molecule has 0 spiro atoms. The molecule has 39 heavy (non-hydrogen) atoms. The number of nitriles is 1. The molecule has 0 atom stereocenters. The Morgan fingerprint density at radius 2 is 1.67 bits per heavy atom. The van der Waals surface area contributed by atoms with Crippen LogP contribution in [0.25, 0.3) is 23.0 Å². The van der Waals surface area contributed by atoms with Gasteiger partial charge in [-0.3, -0.25) is 14.5 Å². The van der Waals surface area contributed by atoms with Gasteiger partial charge in [0.2, 0.25) is 0 Å². The fourth-order valence-corrected chi connectivity index (χ4v) is 4.37. The predicted molar refractivity (Wildman–Crippen MR) is 142 cm³/mol. The summed E-state index contributed by atoms with van der Waals surface area (Å²) in [6.07, 6.45) is 3.28. The minimum Gasteiger partial charge on any atom is -0.269 e. The summed E-state index contributed by atoms with van der Waals surface area (Å²) < 4.78 is 29.5. The maximum absolute atomic E-state index is 14.5. The van der Waals surface area contributed by atoms with Gasteiger partial charge in [-0.1, -0.05) is 42.5 Å². The normalized spacial score (nSPS) is 14.7. The van der Waals surface area contributed by atoms with E-state index in [0.29, 0.717) is 27.9 Å². The number of carbonyl (C=O) groups is 2. The molecule has 5 rings (SSSR count). The average Bonchev–Trinajstić information content (AvgIpc) is 3.36. The Morgan fingerprint density at radius 1 is 0.949 bits per heavy atom. The number of benzene rings is 3. The number of imide groups is 1. The van der Waals surface area contributed by atoms with Gasteiger partial charge in [0.25, 0.3) is 11.8 Å². The van der Waals surface area contributed by atoms with E-state index in [9.17, 15) is 23.6 Å². The van der Waals surface area contributed by atoms with E-state index in [-0.39, 0.29) is 23.3 Å². The molecule has 0 unspecified atom stereocenters. The highest BCUT2D eigenvalue weighted by Crippen LogP contribution is 2.32. The number of amides is 2. The van der Waals surface area contributed by atoms with Crippen molar-refractivity contribution in [1.82, 2.24) is 14.7 Å². The molecule has 6 nitrogen and oxygen atoms in total. The lowest BCUT2D eigenvalue weighted by molar-refractivity contribution is -0.141. The van der Waals surface area contributed by atoms with Gasteiger partial charge < -0.3 is 0 Å². The molecule has 2 amide bonds. The van der Waals surface area contributed by atoms with Crippen LogP contribution in [0.3, 0.4) is 0 Å². The molecule has 1 aliphatic heterocycles. The Morgan fingerprint density at radius 3 is 2.33 bits per heavy atom. The summed E-state index contributed by atoms with van der Waals surface area (Å²) in [6.45, 7) is 3.07. The average molecular weight is 521 g/mol. The standard InChI is InChI=1S/C31H22F2N4O2/c1-19-8-11-22(15-28(19)33)29-23(18-37(35-29)25-6-4-3-5-7-25)14-26-20(2)27(16-34)31(39)36(30(26)38)17-21-9-12-24(32)13-10-21/h3-15,18H,17H2,1-2H3/b26-14+. The Balaban J connectivity index is 1.65. The van der Waals surface area contributed by atoms with Crippen LogP contribution in [0, 0.1) is 29.9 Å². The predicted octanol–water partition coefficient (Wildman–Crippen LogP) is 5.92. The molecule has 192 valence electrons. The van der Waals surface area contributed by atoms with E-state index in [1.54, 1.807) is 42.9 Å². The molecular formula is C31H22F2N4O2. The monoisotopic (exact) mass is 520 g/mol. The van der Waals surface area contributed by atoms with Gasteiger partial charge in [-0.25, -0.2) is 13.5 Å². The van der Waals surface area contributed by atoms with Crippen LogP contribution in [-0.4, -0.2) is 26.5 Å². The SMILES string of the molecule is CC1=C(C#N)C(=O)N(Cc2ccc(F)cc2)C(=O)/C1=C/c1cn(-c2ccccc2)nc1-c1ccc(C)c(F)c1. The number of carbonyl (C=O) groups excluding carboxylic acids is 2. The summed E-state index contributed by atoms with van der Waals surface area (Å²) >= 11 is 0. The summed E-state index contributed by atoms with van der Waals surface area (Å²) in [5.74, 6) is -2.16. The largest absolute Gasteiger partial charge is 0.271 e. The number of aryl methyl sites for hydroxylation is 1. The van der Waals surface area contributed by atoms with Crippen molar-refractivity contribution >= 4 is 17.9 Å². The van der Waals surface area contributed by atoms with E-state index in [1.807, 2.05) is 36.4 Å². The fourth-order valence-electron chi connectivity index (χ4n) is 4.37. The van der Waals surface area contributed by atoms with Crippen molar-refractivity contribution in [3.05, 3.63) is 124 Å². The second-order valence-electron chi connectivity index (χ2n) is 9.17. The van der Waals surface area contributed by atoms with Crippen LogP contribution in [0.1, 0.15) is 23.6 Å². The van der Waals surface area contributed by atoms with Gasteiger partial charge in [-0.2, -0.15) is 10.4 Å². The van der Waals surface area contributed by atoms with Crippen LogP contribution >= 0.6 is 0 Å². The van der Waals surface area contributed by atoms with Crippen LogP contribution in [0.5, 0.6) is 0 Å². The smallest absolute Gasteiger partial charge is 0.269 e. The second kappa shape index (κ2) is 10.3. The molecular weight excluding hydrogens is 498 g/mol. The van der Waals surface area contributed by atoms with E-state index in [1.165, 1.54) is 30.3 Å². The van der Waals surface area contributed by atoms with Crippen LogP contribution in [0.2, 0.25) is 0 Å². The van der Waals surface area contributed by atoms with Gasteiger partial charge in [0.1, 0.15) is 29.0 Å². The number of aromatic nitrogens is 2. The van der Waals surface area contributed by atoms with Crippen molar-refractivity contribution < 1.29 is 18.4 Å². The van der Waals surface area contributed by atoms with Crippen molar-refractivity contribution in [2.45, 2.75) is 20.4 Å². The van der Waals surface area contributed by atoms with E-state index >= 15 is 0 Å². The van der Waals surface area contributed by atoms with Crippen molar-refractivity contribution in [3.63, 3.8) is 0 Å². The third-order valence-corrected chi connectivity index (χ3v) is 6.59. The van der Waals surface area contributed by atoms with Crippen molar-refractivity contribution in [3.8, 4) is 23.0 Å². The third-order valence-electron chi connectivity index (χ3n) is 6.59. The van der Waals surface area contributed by atoms with Gasteiger partial charge in [-0.15, -0.1) is 0 Å². The molecule has 4 aromatic rings. The van der Waals surface area contributed by atoms with Gasteiger partial charge >= 0.3 is 0 Å². The zero-order valence-electron chi connectivity index (χ0n) is 21.2. The van der Waals surface area contributed by atoms with E-state index in [4.69, 9.17) is 0 Å². The molecule has 2 heterocycles. The summed E-state index contributed by atoms with van der Waals surface area (Å²) in [5.41, 5.74) is 3.39. The number of nitrogens with zero attached hydrogens (tertiary/aromatic N) is 4. The number of para-hydroxylation sites is 1. The first-order valence-corrected chi connectivity index (χ1v) is 12.1. The highest BCUT2D eigenvalue weighted by molar-refractivity contribution is 6.19. The molecule has 0 saturated carbocycles. The zero-order chi connectivity index (χ0) is 27.7. The maximum atomic E-state index is 14.5. The molecule has 0 bridgehead atoms. The van der Waals surface area contributed by atoms with Gasteiger partial charge in [-0.05, 0) is 67.0 Å². The quantitative estimate of drug-likeness (QED) is 0.242. The van der Waals surface area contributed by atoms with E-state index < -0.39 is 23.4 Å². The Bertz CT molecular complexity index is 1710. The highest BCUT2D eigenvalue weighted by atomic mass is 19.1. The Hall–Kier alpha value is -5.16. The zero-order valence-corrected chi connectivity index (χ0v) is 21.2. The van der Waals surface area contributed by atoms with Crippen molar-refractivity contribution in [2.75, 3.05) is 0 Å². The van der Waals surface area contributed by atoms with Gasteiger partial charge in [0, 0.05) is 22.9 Å². The van der Waals surface area contributed by atoms with Gasteiger partial charge in [0.15, 0.2) is 0 Å². The highest BCUT2D eigenvalue weighted by Gasteiger charge is 2.35. The minimum absolute atomic E-state index is 0.132. The number of hydrogen-bond donors (Lipinski definition) is 0. The summed E-state index contributed by atoms with van der Waals surface area (Å²) in [6, 6.07) is 21.4. The molecule has 0 aliphatic carbocycles. The number of rotatable bonds is 5.